The fraction of sp³-hybridized carbons (Fsp3) is 0.786. The Morgan fingerprint density at radius 3 is 2.67 bits per heavy atom. The molecule has 18 heavy (non-hydrogen) atoms. The van der Waals surface area contributed by atoms with Gasteiger partial charge in [-0.1, -0.05) is 20.3 Å². The van der Waals surface area contributed by atoms with Gasteiger partial charge in [0.1, 0.15) is 0 Å². The highest BCUT2D eigenvalue weighted by Crippen LogP contribution is 2.22. The van der Waals surface area contributed by atoms with Gasteiger partial charge in [0, 0.05) is 25.3 Å². The summed E-state index contributed by atoms with van der Waals surface area (Å²) in [7, 11) is 2.17. The lowest BCUT2D eigenvalue weighted by molar-refractivity contribution is 0.173. The van der Waals surface area contributed by atoms with Gasteiger partial charge in [-0.15, -0.1) is 0 Å². The van der Waals surface area contributed by atoms with E-state index in [1.807, 2.05) is 12.5 Å². The molecular weight excluding hydrogens is 224 g/mol. The van der Waals surface area contributed by atoms with Crippen LogP contribution in [-0.4, -0.2) is 34.1 Å². The van der Waals surface area contributed by atoms with E-state index in [0.29, 0.717) is 12.6 Å². The summed E-state index contributed by atoms with van der Waals surface area (Å²) in [5.41, 5.74) is 7.22. The second-order valence-electron chi connectivity index (χ2n) is 5.07. The molecule has 0 aromatic carbocycles. The Morgan fingerprint density at radius 2 is 2.11 bits per heavy atom. The molecule has 1 rings (SSSR count). The van der Waals surface area contributed by atoms with Gasteiger partial charge >= 0.3 is 0 Å². The van der Waals surface area contributed by atoms with E-state index in [1.165, 1.54) is 18.5 Å². The number of nitrogens with two attached hydrogens (primary N) is 1. The number of imidazole rings is 1. The third kappa shape index (κ3) is 3.56. The molecule has 0 amide bonds. The number of hydrogen-bond acceptors (Lipinski definition) is 3. The molecule has 0 saturated carbocycles. The van der Waals surface area contributed by atoms with Crippen LogP contribution in [0, 0.1) is 0 Å². The van der Waals surface area contributed by atoms with Crippen LogP contribution >= 0.6 is 0 Å². The third-order valence-electron chi connectivity index (χ3n) is 3.67. The first-order valence-corrected chi connectivity index (χ1v) is 7.07. The van der Waals surface area contributed by atoms with Crippen LogP contribution in [-0.2, 0) is 6.54 Å². The van der Waals surface area contributed by atoms with Gasteiger partial charge in [-0.05, 0) is 26.8 Å². The standard InChI is InChI=1S/C14H28N4/c1-5-7-12(3)17(4)13(9-15)14-10-16-11-18(14)8-6-2/h10-13H,5-9,15H2,1-4H3. The van der Waals surface area contributed by atoms with Crippen LogP contribution in [0.3, 0.4) is 0 Å². The van der Waals surface area contributed by atoms with Crippen LogP contribution in [0.5, 0.6) is 0 Å². The Labute approximate surface area is 111 Å². The zero-order valence-corrected chi connectivity index (χ0v) is 12.3. The van der Waals surface area contributed by atoms with Gasteiger partial charge in [-0.3, -0.25) is 4.90 Å². The van der Waals surface area contributed by atoms with Crippen molar-refractivity contribution in [3.8, 4) is 0 Å². The fourth-order valence-electron chi connectivity index (χ4n) is 2.46. The Kier molecular flexibility index (Phi) is 6.36. The Balaban J connectivity index is 2.84. The minimum atomic E-state index is 0.264. The lowest BCUT2D eigenvalue weighted by Crippen LogP contribution is -2.38. The lowest BCUT2D eigenvalue weighted by Gasteiger charge is -2.32. The molecule has 4 nitrogen and oxygen atoms in total. The summed E-state index contributed by atoms with van der Waals surface area (Å²) >= 11 is 0. The minimum absolute atomic E-state index is 0.264. The van der Waals surface area contributed by atoms with E-state index in [-0.39, 0.29) is 6.04 Å². The summed E-state index contributed by atoms with van der Waals surface area (Å²) in [6, 6.07) is 0.814. The average molecular weight is 252 g/mol. The van der Waals surface area contributed by atoms with Crippen molar-refractivity contribution in [2.45, 2.75) is 58.7 Å². The van der Waals surface area contributed by atoms with E-state index in [9.17, 15) is 0 Å². The topological polar surface area (TPSA) is 47.1 Å². The van der Waals surface area contributed by atoms with Crippen molar-refractivity contribution >= 4 is 0 Å². The molecule has 0 aliphatic carbocycles. The number of rotatable bonds is 8. The number of likely N-dealkylation sites (N-methyl/N-ethyl adjacent to an activating group) is 1. The quantitative estimate of drug-likeness (QED) is 0.773. The Hall–Kier alpha value is -0.870. The van der Waals surface area contributed by atoms with Gasteiger partial charge in [0.2, 0.25) is 0 Å². The normalized spacial score (nSPS) is 15.0. The minimum Gasteiger partial charge on any atom is -0.333 e. The summed E-state index contributed by atoms with van der Waals surface area (Å²) in [4.78, 5) is 6.66. The molecule has 2 N–H and O–H groups in total. The summed E-state index contributed by atoms with van der Waals surface area (Å²) in [6.45, 7) is 8.34. The molecule has 0 aliphatic heterocycles. The van der Waals surface area contributed by atoms with Gasteiger partial charge in [-0.2, -0.15) is 0 Å². The second-order valence-corrected chi connectivity index (χ2v) is 5.07. The zero-order chi connectivity index (χ0) is 13.5. The highest BCUT2D eigenvalue weighted by atomic mass is 15.2. The number of hydrogen-bond donors (Lipinski definition) is 1. The molecule has 0 fully saturated rings. The van der Waals surface area contributed by atoms with Crippen LogP contribution < -0.4 is 5.73 Å². The SMILES string of the molecule is CCCC(C)N(C)C(CN)c1cncn1CCC. The summed E-state index contributed by atoms with van der Waals surface area (Å²) < 4.78 is 2.23. The molecule has 0 spiro atoms. The van der Waals surface area contributed by atoms with Crippen molar-refractivity contribution in [3.05, 3.63) is 18.2 Å². The van der Waals surface area contributed by atoms with Crippen LogP contribution in [0.1, 0.15) is 51.8 Å². The van der Waals surface area contributed by atoms with Crippen LogP contribution in [0.25, 0.3) is 0 Å². The third-order valence-corrected chi connectivity index (χ3v) is 3.67. The smallest absolute Gasteiger partial charge is 0.0948 e. The first-order chi connectivity index (χ1) is 8.65. The van der Waals surface area contributed by atoms with Crippen LogP contribution in [0.2, 0.25) is 0 Å². The summed E-state index contributed by atoms with van der Waals surface area (Å²) in [5, 5.41) is 0. The molecule has 1 aromatic heterocycles. The van der Waals surface area contributed by atoms with Crippen LogP contribution in [0.4, 0.5) is 0 Å². The highest BCUT2D eigenvalue weighted by molar-refractivity contribution is 5.07. The molecule has 2 unspecified atom stereocenters. The monoisotopic (exact) mass is 252 g/mol. The van der Waals surface area contributed by atoms with Gasteiger partial charge in [0.15, 0.2) is 0 Å². The van der Waals surface area contributed by atoms with Gasteiger partial charge in [-0.25, -0.2) is 4.98 Å². The van der Waals surface area contributed by atoms with Crippen LogP contribution in [0.15, 0.2) is 12.5 Å². The molecule has 1 heterocycles. The molecule has 0 saturated heterocycles. The van der Waals surface area contributed by atoms with Gasteiger partial charge < -0.3 is 10.3 Å². The molecule has 0 bridgehead atoms. The maximum atomic E-state index is 5.98. The van der Waals surface area contributed by atoms with Crippen molar-refractivity contribution < 1.29 is 0 Å². The molecule has 1 aromatic rings. The van der Waals surface area contributed by atoms with E-state index in [0.717, 1.165) is 13.0 Å². The second kappa shape index (κ2) is 7.54. The van der Waals surface area contributed by atoms with Crippen molar-refractivity contribution in [2.75, 3.05) is 13.6 Å². The number of aromatic nitrogens is 2. The number of nitrogens with zero attached hydrogens (tertiary/aromatic N) is 3. The van der Waals surface area contributed by atoms with Gasteiger partial charge in [0.25, 0.3) is 0 Å². The molecular formula is C14H28N4. The molecule has 104 valence electrons. The molecule has 4 heteroatoms. The fourth-order valence-corrected chi connectivity index (χ4v) is 2.46. The van der Waals surface area contributed by atoms with Crippen molar-refractivity contribution in [3.63, 3.8) is 0 Å². The van der Waals surface area contributed by atoms with E-state index < -0.39 is 0 Å². The lowest BCUT2D eigenvalue weighted by atomic mass is 10.1. The summed E-state index contributed by atoms with van der Waals surface area (Å²) in [5.74, 6) is 0. The highest BCUT2D eigenvalue weighted by Gasteiger charge is 2.22. The van der Waals surface area contributed by atoms with E-state index in [4.69, 9.17) is 5.73 Å². The van der Waals surface area contributed by atoms with Crippen molar-refractivity contribution in [1.82, 2.24) is 14.5 Å². The van der Waals surface area contributed by atoms with Crippen molar-refractivity contribution in [2.24, 2.45) is 5.73 Å². The molecule has 0 aliphatic rings. The maximum absolute atomic E-state index is 5.98. The van der Waals surface area contributed by atoms with E-state index >= 15 is 0 Å². The molecule has 2 atom stereocenters. The van der Waals surface area contributed by atoms with E-state index in [1.54, 1.807) is 0 Å². The summed E-state index contributed by atoms with van der Waals surface area (Å²) in [6.07, 6.45) is 7.41. The number of aryl methyl sites for hydroxylation is 1. The first kappa shape index (κ1) is 15.2. The predicted molar refractivity (Wildman–Crippen MR) is 76.4 cm³/mol. The first-order valence-electron chi connectivity index (χ1n) is 7.07. The zero-order valence-electron chi connectivity index (χ0n) is 12.3. The Bertz CT molecular complexity index is 334. The maximum Gasteiger partial charge on any atom is 0.0948 e. The molecule has 0 radical (unpaired) electrons. The van der Waals surface area contributed by atoms with Crippen molar-refractivity contribution in [1.29, 1.82) is 0 Å². The van der Waals surface area contributed by atoms with Gasteiger partial charge in [0.05, 0.1) is 18.1 Å². The average Bonchev–Trinajstić information content (AvgIpc) is 2.79. The van der Waals surface area contributed by atoms with E-state index in [2.05, 4.69) is 42.3 Å². The largest absolute Gasteiger partial charge is 0.333 e. The Morgan fingerprint density at radius 1 is 1.39 bits per heavy atom. The predicted octanol–water partition coefficient (Wildman–Crippen LogP) is 2.41.